The first kappa shape index (κ1) is 11.9. The van der Waals surface area contributed by atoms with Crippen LogP contribution in [0.4, 0.5) is 0 Å². The summed E-state index contributed by atoms with van der Waals surface area (Å²) in [6.45, 7) is 5.03. The predicted octanol–water partition coefficient (Wildman–Crippen LogP) is 2.08. The molecule has 0 radical (unpaired) electrons. The Hall–Kier alpha value is -1.61. The normalized spacial score (nSPS) is 10.6. The van der Waals surface area contributed by atoms with Gasteiger partial charge in [0.1, 0.15) is 0 Å². The SMILES string of the molecule is CCNCCc1cn(Cc2ccccc2)cn1. The van der Waals surface area contributed by atoms with Crippen LogP contribution in [-0.4, -0.2) is 22.6 Å². The van der Waals surface area contributed by atoms with Gasteiger partial charge in [-0.15, -0.1) is 0 Å². The van der Waals surface area contributed by atoms with E-state index in [4.69, 9.17) is 0 Å². The lowest BCUT2D eigenvalue weighted by molar-refractivity contribution is 0.708. The first-order valence-corrected chi connectivity index (χ1v) is 6.14. The Balaban J connectivity index is 1.90. The molecule has 0 atom stereocenters. The highest BCUT2D eigenvalue weighted by Crippen LogP contribution is 2.04. The number of aromatic nitrogens is 2. The van der Waals surface area contributed by atoms with E-state index in [1.54, 1.807) is 0 Å². The van der Waals surface area contributed by atoms with E-state index < -0.39 is 0 Å². The zero-order valence-electron chi connectivity index (χ0n) is 10.3. The van der Waals surface area contributed by atoms with Crippen molar-refractivity contribution in [3.8, 4) is 0 Å². The second-order valence-electron chi connectivity index (χ2n) is 4.13. The number of imidazole rings is 1. The standard InChI is InChI=1S/C14H19N3/c1-2-15-9-8-14-11-17(12-16-14)10-13-6-4-3-5-7-13/h3-7,11-12,15H,2,8-10H2,1H3. The number of likely N-dealkylation sites (N-methyl/N-ethyl adjacent to an activating group) is 1. The van der Waals surface area contributed by atoms with Crippen LogP contribution < -0.4 is 5.32 Å². The lowest BCUT2D eigenvalue weighted by Crippen LogP contribution is -2.16. The van der Waals surface area contributed by atoms with E-state index in [0.29, 0.717) is 0 Å². The van der Waals surface area contributed by atoms with Gasteiger partial charge in [-0.2, -0.15) is 0 Å². The lowest BCUT2D eigenvalue weighted by Gasteiger charge is -2.01. The molecule has 2 rings (SSSR count). The topological polar surface area (TPSA) is 29.9 Å². The summed E-state index contributed by atoms with van der Waals surface area (Å²) < 4.78 is 2.14. The van der Waals surface area contributed by atoms with Gasteiger partial charge in [-0.05, 0) is 12.1 Å². The summed E-state index contributed by atoms with van der Waals surface area (Å²) in [5.74, 6) is 0. The van der Waals surface area contributed by atoms with E-state index in [1.165, 1.54) is 5.56 Å². The molecule has 17 heavy (non-hydrogen) atoms. The fourth-order valence-electron chi connectivity index (χ4n) is 1.81. The molecule has 0 aliphatic rings. The van der Waals surface area contributed by atoms with E-state index in [-0.39, 0.29) is 0 Å². The molecule has 0 spiro atoms. The van der Waals surface area contributed by atoms with Gasteiger partial charge in [-0.1, -0.05) is 37.3 Å². The Morgan fingerprint density at radius 3 is 2.82 bits per heavy atom. The smallest absolute Gasteiger partial charge is 0.0952 e. The second kappa shape index (κ2) is 6.21. The van der Waals surface area contributed by atoms with Crippen LogP contribution in [0.5, 0.6) is 0 Å². The monoisotopic (exact) mass is 229 g/mol. The Morgan fingerprint density at radius 2 is 2.06 bits per heavy atom. The van der Waals surface area contributed by atoms with E-state index in [9.17, 15) is 0 Å². The summed E-state index contributed by atoms with van der Waals surface area (Å²) in [5.41, 5.74) is 2.46. The third-order valence-electron chi connectivity index (χ3n) is 2.70. The minimum atomic E-state index is 0.898. The third-order valence-corrected chi connectivity index (χ3v) is 2.70. The minimum Gasteiger partial charge on any atom is -0.333 e. The van der Waals surface area contributed by atoms with Crippen molar-refractivity contribution in [2.24, 2.45) is 0 Å². The zero-order chi connectivity index (χ0) is 11.9. The molecule has 0 aliphatic carbocycles. The second-order valence-corrected chi connectivity index (χ2v) is 4.13. The number of nitrogens with zero attached hydrogens (tertiary/aromatic N) is 2. The van der Waals surface area contributed by atoms with Gasteiger partial charge in [0.2, 0.25) is 0 Å². The molecule has 0 saturated heterocycles. The van der Waals surface area contributed by atoms with Crippen LogP contribution in [0.25, 0.3) is 0 Å². The molecule has 0 fully saturated rings. The van der Waals surface area contributed by atoms with Gasteiger partial charge in [0, 0.05) is 25.7 Å². The molecule has 0 unspecified atom stereocenters. The maximum absolute atomic E-state index is 4.41. The fourth-order valence-corrected chi connectivity index (χ4v) is 1.81. The summed E-state index contributed by atoms with van der Waals surface area (Å²) >= 11 is 0. The molecular weight excluding hydrogens is 210 g/mol. The first-order chi connectivity index (χ1) is 8.38. The summed E-state index contributed by atoms with van der Waals surface area (Å²) in [4.78, 5) is 4.41. The Morgan fingerprint density at radius 1 is 1.24 bits per heavy atom. The number of hydrogen-bond acceptors (Lipinski definition) is 2. The summed E-state index contributed by atoms with van der Waals surface area (Å²) in [6, 6.07) is 10.5. The highest BCUT2D eigenvalue weighted by Gasteiger charge is 1.99. The van der Waals surface area contributed by atoms with Crippen LogP contribution >= 0.6 is 0 Å². The Labute approximate surface area is 103 Å². The first-order valence-electron chi connectivity index (χ1n) is 6.14. The van der Waals surface area contributed by atoms with Gasteiger partial charge in [-0.3, -0.25) is 0 Å². The van der Waals surface area contributed by atoms with Crippen LogP contribution in [0.1, 0.15) is 18.2 Å². The van der Waals surface area contributed by atoms with Crippen LogP contribution in [-0.2, 0) is 13.0 Å². The van der Waals surface area contributed by atoms with E-state index in [0.717, 1.165) is 31.7 Å². The van der Waals surface area contributed by atoms with Gasteiger partial charge in [-0.25, -0.2) is 4.98 Å². The highest BCUT2D eigenvalue weighted by molar-refractivity contribution is 5.15. The average Bonchev–Trinajstić information content (AvgIpc) is 2.79. The summed E-state index contributed by atoms with van der Waals surface area (Å²) in [7, 11) is 0. The maximum atomic E-state index is 4.41. The van der Waals surface area contributed by atoms with Gasteiger partial charge in [0.05, 0.1) is 12.0 Å². The van der Waals surface area contributed by atoms with Crippen molar-refractivity contribution in [2.45, 2.75) is 19.9 Å². The van der Waals surface area contributed by atoms with Crippen molar-refractivity contribution in [1.29, 1.82) is 0 Å². The molecule has 0 saturated carbocycles. The van der Waals surface area contributed by atoms with E-state index in [1.807, 2.05) is 12.4 Å². The molecule has 1 aromatic carbocycles. The van der Waals surface area contributed by atoms with Crippen LogP contribution in [0.15, 0.2) is 42.9 Å². The van der Waals surface area contributed by atoms with Crippen LogP contribution in [0.2, 0.25) is 0 Å². The molecule has 3 nitrogen and oxygen atoms in total. The van der Waals surface area contributed by atoms with Crippen molar-refractivity contribution >= 4 is 0 Å². The quantitative estimate of drug-likeness (QED) is 0.769. The minimum absolute atomic E-state index is 0.898. The molecule has 90 valence electrons. The number of rotatable bonds is 6. The van der Waals surface area contributed by atoms with Crippen molar-refractivity contribution in [3.63, 3.8) is 0 Å². The third kappa shape index (κ3) is 3.71. The van der Waals surface area contributed by atoms with Gasteiger partial charge in [0.15, 0.2) is 0 Å². The van der Waals surface area contributed by atoms with E-state index in [2.05, 4.69) is 52.3 Å². The maximum Gasteiger partial charge on any atom is 0.0952 e. The Bertz CT molecular complexity index is 434. The molecule has 1 N–H and O–H groups in total. The molecule has 0 aliphatic heterocycles. The summed E-state index contributed by atoms with van der Waals surface area (Å²) in [6.07, 6.45) is 5.04. The molecule has 1 heterocycles. The molecule has 0 amide bonds. The predicted molar refractivity (Wildman–Crippen MR) is 70.0 cm³/mol. The highest BCUT2D eigenvalue weighted by atomic mass is 15.0. The average molecular weight is 229 g/mol. The molecule has 0 bridgehead atoms. The van der Waals surface area contributed by atoms with E-state index >= 15 is 0 Å². The van der Waals surface area contributed by atoms with Crippen molar-refractivity contribution in [1.82, 2.24) is 14.9 Å². The van der Waals surface area contributed by atoms with Crippen LogP contribution in [0, 0.1) is 0 Å². The van der Waals surface area contributed by atoms with Gasteiger partial charge in [0.25, 0.3) is 0 Å². The number of benzene rings is 1. The zero-order valence-corrected chi connectivity index (χ0v) is 10.3. The van der Waals surface area contributed by atoms with Gasteiger partial charge < -0.3 is 9.88 Å². The summed E-state index contributed by atoms with van der Waals surface area (Å²) in [5, 5.41) is 3.31. The lowest BCUT2D eigenvalue weighted by atomic mass is 10.2. The molecule has 2 aromatic rings. The van der Waals surface area contributed by atoms with Gasteiger partial charge >= 0.3 is 0 Å². The molecule has 1 aromatic heterocycles. The number of nitrogens with one attached hydrogen (secondary N) is 1. The molecule has 3 heteroatoms. The van der Waals surface area contributed by atoms with Crippen molar-refractivity contribution in [2.75, 3.05) is 13.1 Å². The molecular formula is C14H19N3. The number of hydrogen-bond donors (Lipinski definition) is 1. The van der Waals surface area contributed by atoms with Crippen molar-refractivity contribution < 1.29 is 0 Å². The van der Waals surface area contributed by atoms with Crippen molar-refractivity contribution in [3.05, 3.63) is 54.1 Å². The van der Waals surface area contributed by atoms with Crippen LogP contribution in [0.3, 0.4) is 0 Å². The largest absolute Gasteiger partial charge is 0.333 e. The Kier molecular flexibility index (Phi) is 4.33. The fraction of sp³-hybridized carbons (Fsp3) is 0.357.